The third kappa shape index (κ3) is 6.00. The van der Waals surface area contributed by atoms with Crippen LogP contribution in [0, 0.1) is 0 Å². The van der Waals surface area contributed by atoms with Crippen molar-refractivity contribution in [2.75, 3.05) is 13.2 Å². The van der Waals surface area contributed by atoms with Crippen LogP contribution in [-0.4, -0.2) is 39.7 Å². The number of ether oxygens (including phenoxy) is 1. The fourth-order valence-electron chi connectivity index (χ4n) is 1.58. The van der Waals surface area contributed by atoms with Crippen molar-refractivity contribution < 1.29 is 14.9 Å². The Hall–Kier alpha value is -1.17. The Morgan fingerprint density at radius 3 is 2.58 bits per heavy atom. The van der Waals surface area contributed by atoms with Crippen molar-refractivity contribution in [1.29, 1.82) is 0 Å². The maximum atomic E-state index is 10.0. The molecule has 1 aromatic heterocycles. The van der Waals surface area contributed by atoms with E-state index in [1.807, 2.05) is 27.7 Å². The topological polar surface area (TPSA) is 74.6 Å². The van der Waals surface area contributed by atoms with E-state index < -0.39 is 5.79 Å². The molecular weight excluding hydrogens is 244 g/mol. The van der Waals surface area contributed by atoms with E-state index in [9.17, 15) is 10.2 Å². The SMILES string of the molecule is CCOc1cccnc1CC(O)(O)CNC(C)(C)C. The molecule has 1 heterocycles. The van der Waals surface area contributed by atoms with Crippen LogP contribution in [0.4, 0.5) is 0 Å². The molecule has 0 aromatic carbocycles. The maximum absolute atomic E-state index is 10.0. The number of hydrogen-bond acceptors (Lipinski definition) is 5. The lowest BCUT2D eigenvalue weighted by Crippen LogP contribution is -2.49. The number of β-amino-alcohol motifs (C(OH)–C–C–N with tert-alkyl or cyclic N) is 2. The Balaban J connectivity index is 2.71. The molecule has 1 rings (SSSR count). The predicted octanol–water partition coefficient (Wildman–Crippen LogP) is 1.09. The minimum absolute atomic E-state index is 0.0201. The number of aromatic nitrogens is 1. The van der Waals surface area contributed by atoms with Gasteiger partial charge in [0.05, 0.1) is 18.8 Å². The van der Waals surface area contributed by atoms with Gasteiger partial charge in [0.1, 0.15) is 5.75 Å². The molecule has 0 fully saturated rings. The van der Waals surface area contributed by atoms with Gasteiger partial charge in [0.15, 0.2) is 5.79 Å². The van der Waals surface area contributed by atoms with Gasteiger partial charge in [-0.05, 0) is 39.8 Å². The van der Waals surface area contributed by atoms with Crippen LogP contribution >= 0.6 is 0 Å². The molecule has 0 bridgehead atoms. The van der Waals surface area contributed by atoms with Gasteiger partial charge in [-0.1, -0.05) is 0 Å². The molecule has 5 heteroatoms. The minimum atomic E-state index is -1.85. The number of nitrogens with one attached hydrogen (secondary N) is 1. The molecule has 0 aliphatic rings. The summed E-state index contributed by atoms with van der Waals surface area (Å²) in [6, 6.07) is 3.54. The lowest BCUT2D eigenvalue weighted by atomic mass is 10.1. The zero-order chi connectivity index (χ0) is 14.5. The summed E-state index contributed by atoms with van der Waals surface area (Å²) in [6.45, 7) is 8.37. The van der Waals surface area contributed by atoms with Crippen LogP contribution in [-0.2, 0) is 6.42 Å². The van der Waals surface area contributed by atoms with Crippen molar-refractivity contribution in [3.63, 3.8) is 0 Å². The van der Waals surface area contributed by atoms with E-state index in [2.05, 4.69) is 10.3 Å². The van der Waals surface area contributed by atoms with E-state index in [4.69, 9.17) is 4.74 Å². The molecule has 1 aromatic rings. The molecule has 0 atom stereocenters. The van der Waals surface area contributed by atoms with Gasteiger partial charge in [0.25, 0.3) is 0 Å². The van der Waals surface area contributed by atoms with Gasteiger partial charge in [-0.25, -0.2) is 0 Å². The summed E-state index contributed by atoms with van der Waals surface area (Å²) in [7, 11) is 0. The molecule has 0 aliphatic heterocycles. The molecule has 0 spiro atoms. The zero-order valence-corrected chi connectivity index (χ0v) is 12.1. The van der Waals surface area contributed by atoms with Crippen LogP contribution in [0.15, 0.2) is 18.3 Å². The summed E-state index contributed by atoms with van der Waals surface area (Å²) >= 11 is 0. The fraction of sp³-hybridized carbons (Fsp3) is 0.643. The van der Waals surface area contributed by atoms with E-state index in [-0.39, 0.29) is 18.5 Å². The molecule has 0 saturated carbocycles. The molecule has 108 valence electrons. The van der Waals surface area contributed by atoms with Gasteiger partial charge in [0.2, 0.25) is 0 Å². The fourth-order valence-corrected chi connectivity index (χ4v) is 1.58. The van der Waals surface area contributed by atoms with E-state index >= 15 is 0 Å². The highest BCUT2D eigenvalue weighted by atomic mass is 16.5. The van der Waals surface area contributed by atoms with Crippen molar-refractivity contribution in [2.45, 2.75) is 45.4 Å². The summed E-state index contributed by atoms with van der Waals surface area (Å²) in [5, 5.41) is 23.1. The lowest BCUT2D eigenvalue weighted by molar-refractivity contribution is -0.158. The first-order valence-corrected chi connectivity index (χ1v) is 6.50. The molecular formula is C14H24N2O3. The van der Waals surface area contributed by atoms with Crippen LogP contribution in [0.2, 0.25) is 0 Å². The Bertz CT molecular complexity index is 400. The highest BCUT2D eigenvalue weighted by Gasteiger charge is 2.27. The second-order valence-corrected chi connectivity index (χ2v) is 5.64. The molecule has 0 unspecified atom stereocenters. The number of nitrogens with zero attached hydrogens (tertiary/aromatic N) is 1. The summed E-state index contributed by atoms with van der Waals surface area (Å²) < 4.78 is 5.42. The van der Waals surface area contributed by atoms with Crippen LogP contribution in [0.5, 0.6) is 5.75 Å². The second kappa shape index (κ2) is 6.32. The third-order valence-corrected chi connectivity index (χ3v) is 2.50. The number of pyridine rings is 1. The maximum Gasteiger partial charge on any atom is 0.181 e. The van der Waals surface area contributed by atoms with Crippen LogP contribution in [0.3, 0.4) is 0 Å². The zero-order valence-electron chi connectivity index (χ0n) is 12.1. The lowest BCUT2D eigenvalue weighted by Gasteiger charge is -2.28. The van der Waals surface area contributed by atoms with Crippen LogP contribution < -0.4 is 10.1 Å². The van der Waals surface area contributed by atoms with E-state index in [0.717, 1.165) is 0 Å². The molecule has 0 amide bonds. The van der Waals surface area contributed by atoms with Crippen molar-refractivity contribution >= 4 is 0 Å². The number of aliphatic hydroxyl groups is 2. The Morgan fingerprint density at radius 2 is 2.00 bits per heavy atom. The molecule has 19 heavy (non-hydrogen) atoms. The van der Waals surface area contributed by atoms with E-state index in [1.165, 1.54) is 0 Å². The Morgan fingerprint density at radius 1 is 1.32 bits per heavy atom. The smallest absolute Gasteiger partial charge is 0.181 e. The summed E-state index contributed by atoms with van der Waals surface area (Å²) in [5.41, 5.74) is 0.369. The first-order valence-electron chi connectivity index (χ1n) is 6.50. The first-order chi connectivity index (χ1) is 8.73. The van der Waals surface area contributed by atoms with Crippen molar-refractivity contribution in [3.05, 3.63) is 24.0 Å². The van der Waals surface area contributed by atoms with Crippen molar-refractivity contribution in [3.8, 4) is 5.75 Å². The second-order valence-electron chi connectivity index (χ2n) is 5.64. The summed E-state index contributed by atoms with van der Waals surface area (Å²) in [4.78, 5) is 4.15. The average molecular weight is 268 g/mol. The van der Waals surface area contributed by atoms with Crippen LogP contribution in [0.1, 0.15) is 33.4 Å². The van der Waals surface area contributed by atoms with Crippen molar-refractivity contribution in [1.82, 2.24) is 10.3 Å². The first kappa shape index (κ1) is 15.9. The Kier molecular flexibility index (Phi) is 5.29. The number of hydrogen-bond donors (Lipinski definition) is 3. The van der Waals surface area contributed by atoms with E-state index in [1.54, 1.807) is 18.3 Å². The van der Waals surface area contributed by atoms with Gasteiger partial charge in [-0.3, -0.25) is 4.98 Å². The molecule has 5 nitrogen and oxygen atoms in total. The van der Waals surface area contributed by atoms with Crippen LogP contribution in [0.25, 0.3) is 0 Å². The molecule has 3 N–H and O–H groups in total. The standard InChI is InChI=1S/C14H24N2O3/c1-5-19-12-7-6-8-15-11(12)9-14(17,18)10-16-13(2,3)4/h6-8,16-18H,5,9-10H2,1-4H3. The van der Waals surface area contributed by atoms with Gasteiger partial charge >= 0.3 is 0 Å². The third-order valence-electron chi connectivity index (χ3n) is 2.50. The number of rotatable bonds is 6. The Labute approximate surface area is 114 Å². The predicted molar refractivity (Wildman–Crippen MR) is 74.0 cm³/mol. The molecule has 0 radical (unpaired) electrons. The largest absolute Gasteiger partial charge is 0.492 e. The minimum Gasteiger partial charge on any atom is -0.492 e. The summed E-state index contributed by atoms with van der Waals surface area (Å²) in [5.74, 6) is -1.26. The molecule has 0 aliphatic carbocycles. The van der Waals surface area contributed by atoms with E-state index in [0.29, 0.717) is 18.1 Å². The van der Waals surface area contributed by atoms with Gasteiger partial charge in [-0.15, -0.1) is 0 Å². The highest BCUT2D eigenvalue weighted by molar-refractivity contribution is 5.27. The highest BCUT2D eigenvalue weighted by Crippen LogP contribution is 2.20. The normalized spacial score (nSPS) is 12.5. The quantitative estimate of drug-likeness (QED) is 0.674. The average Bonchev–Trinajstić information content (AvgIpc) is 2.29. The van der Waals surface area contributed by atoms with Gasteiger partial charge in [-0.2, -0.15) is 0 Å². The molecule has 0 saturated heterocycles. The summed E-state index contributed by atoms with van der Waals surface area (Å²) in [6.07, 6.45) is 1.64. The van der Waals surface area contributed by atoms with Gasteiger partial charge in [0, 0.05) is 18.2 Å². The van der Waals surface area contributed by atoms with Crippen molar-refractivity contribution in [2.24, 2.45) is 0 Å². The van der Waals surface area contributed by atoms with Gasteiger partial charge < -0.3 is 20.3 Å². The monoisotopic (exact) mass is 268 g/mol.